The lowest BCUT2D eigenvalue weighted by molar-refractivity contribution is 0.110. The van der Waals surface area contributed by atoms with Crippen molar-refractivity contribution in [2.24, 2.45) is 0 Å². The summed E-state index contributed by atoms with van der Waals surface area (Å²) < 4.78 is 5.24. The zero-order valence-electron chi connectivity index (χ0n) is 13.2. The Morgan fingerprint density at radius 1 is 1.39 bits per heavy atom. The van der Waals surface area contributed by atoms with Gasteiger partial charge in [0.2, 0.25) is 0 Å². The van der Waals surface area contributed by atoms with E-state index in [1.807, 2.05) is 36.1 Å². The van der Waals surface area contributed by atoms with Crippen molar-refractivity contribution in [1.82, 2.24) is 4.90 Å². The third kappa shape index (κ3) is 3.56. The van der Waals surface area contributed by atoms with Crippen LogP contribution < -0.4 is 5.32 Å². The van der Waals surface area contributed by atoms with Gasteiger partial charge in [0.15, 0.2) is 0 Å². The summed E-state index contributed by atoms with van der Waals surface area (Å²) in [6.45, 7) is 2.69. The summed E-state index contributed by atoms with van der Waals surface area (Å²) in [5.41, 5.74) is 1.86. The molecule has 5 nitrogen and oxygen atoms in total. The Labute approximate surface area is 135 Å². The molecular weight excluding hydrogens is 292 g/mol. The summed E-state index contributed by atoms with van der Waals surface area (Å²) in [5.74, 6) is 0.552. The zero-order chi connectivity index (χ0) is 16.2. The van der Waals surface area contributed by atoms with E-state index in [1.54, 1.807) is 18.4 Å². The first-order valence-corrected chi connectivity index (χ1v) is 8.00. The number of aliphatic hydroxyl groups excluding tert-OH is 1. The van der Waals surface area contributed by atoms with Gasteiger partial charge in [-0.15, -0.1) is 0 Å². The molecule has 2 N–H and O–H groups in total. The van der Waals surface area contributed by atoms with Crippen molar-refractivity contribution >= 4 is 11.7 Å². The molecule has 2 amide bonds. The SMILES string of the molecule is Cc1ccccc1NC(=O)N1CCCC1CC(O)c1ccco1. The molecule has 3 rings (SSSR count). The maximum atomic E-state index is 12.6. The molecule has 0 saturated carbocycles. The molecule has 0 spiro atoms. The van der Waals surface area contributed by atoms with E-state index in [2.05, 4.69) is 5.32 Å². The second kappa shape index (κ2) is 6.87. The first-order valence-electron chi connectivity index (χ1n) is 8.00. The Hall–Kier alpha value is -2.27. The third-order valence-electron chi connectivity index (χ3n) is 4.39. The summed E-state index contributed by atoms with van der Waals surface area (Å²) in [4.78, 5) is 14.4. The van der Waals surface area contributed by atoms with E-state index in [0.29, 0.717) is 18.7 Å². The Morgan fingerprint density at radius 3 is 2.96 bits per heavy atom. The van der Waals surface area contributed by atoms with Crippen molar-refractivity contribution in [2.45, 2.75) is 38.3 Å². The molecule has 1 aromatic heterocycles. The smallest absolute Gasteiger partial charge is 0.322 e. The number of carbonyl (C=O) groups is 1. The number of aryl methyl sites for hydroxylation is 1. The molecule has 2 atom stereocenters. The number of amides is 2. The number of nitrogens with zero attached hydrogens (tertiary/aromatic N) is 1. The fraction of sp³-hybridized carbons (Fsp3) is 0.389. The molecule has 2 aromatic rings. The van der Waals surface area contributed by atoms with Crippen LogP contribution in [0.3, 0.4) is 0 Å². The summed E-state index contributed by atoms with van der Waals surface area (Å²) in [6, 6.07) is 11.2. The van der Waals surface area contributed by atoms with Gasteiger partial charge in [0.05, 0.1) is 6.26 Å². The fourth-order valence-electron chi connectivity index (χ4n) is 3.10. The highest BCUT2D eigenvalue weighted by molar-refractivity contribution is 5.90. The molecule has 5 heteroatoms. The predicted molar refractivity (Wildman–Crippen MR) is 88.2 cm³/mol. The number of nitrogens with one attached hydrogen (secondary N) is 1. The van der Waals surface area contributed by atoms with Crippen LogP contribution in [0.5, 0.6) is 0 Å². The van der Waals surface area contributed by atoms with Crippen LogP contribution in [0.1, 0.15) is 36.7 Å². The molecular formula is C18H22N2O3. The molecule has 1 aliphatic rings. The quantitative estimate of drug-likeness (QED) is 0.904. The molecule has 122 valence electrons. The van der Waals surface area contributed by atoms with Gasteiger partial charge in [-0.25, -0.2) is 4.79 Å². The van der Waals surface area contributed by atoms with Crippen LogP contribution in [0.25, 0.3) is 0 Å². The Balaban J connectivity index is 1.64. The second-order valence-corrected chi connectivity index (χ2v) is 6.00. The lowest BCUT2D eigenvalue weighted by atomic mass is 10.1. The standard InChI is InChI=1S/C18H22N2O3/c1-13-6-2-3-8-15(13)19-18(22)20-10-4-7-14(20)12-16(21)17-9-5-11-23-17/h2-3,5-6,8-9,11,14,16,21H,4,7,10,12H2,1H3,(H,19,22). The molecule has 23 heavy (non-hydrogen) atoms. The zero-order valence-corrected chi connectivity index (χ0v) is 13.2. The average Bonchev–Trinajstić information content (AvgIpc) is 3.20. The Bertz CT molecular complexity index is 654. The van der Waals surface area contributed by atoms with E-state index < -0.39 is 6.10 Å². The van der Waals surface area contributed by atoms with Crippen molar-refractivity contribution in [3.8, 4) is 0 Å². The third-order valence-corrected chi connectivity index (χ3v) is 4.39. The lowest BCUT2D eigenvalue weighted by Gasteiger charge is -2.26. The van der Waals surface area contributed by atoms with Gasteiger partial charge in [0.1, 0.15) is 11.9 Å². The van der Waals surface area contributed by atoms with Crippen molar-refractivity contribution in [3.05, 3.63) is 54.0 Å². The van der Waals surface area contributed by atoms with E-state index in [4.69, 9.17) is 4.42 Å². The summed E-state index contributed by atoms with van der Waals surface area (Å²) >= 11 is 0. The lowest BCUT2D eigenvalue weighted by Crippen LogP contribution is -2.39. The van der Waals surface area contributed by atoms with Crippen LogP contribution in [0.2, 0.25) is 0 Å². The minimum atomic E-state index is -0.679. The molecule has 0 bridgehead atoms. The number of urea groups is 1. The van der Waals surface area contributed by atoms with Crippen molar-refractivity contribution in [3.63, 3.8) is 0 Å². The summed E-state index contributed by atoms with van der Waals surface area (Å²) in [6.07, 6.45) is 3.22. The van der Waals surface area contributed by atoms with Gasteiger partial charge in [-0.2, -0.15) is 0 Å². The first kappa shape index (κ1) is 15.6. The number of likely N-dealkylation sites (tertiary alicyclic amines) is 1. The van der Waals surface area contributed by atoms with Crippen LogP contribution in [0.15, 0.2) is 47.1 Å². The van der Waals surface area contributed by atoms with Crippen molar-refractivity contribution < 1.29 is 14.3 Å². The van der Waals surface area contributed by atoms with Crippen LogP contribution in [-0.4, -0.2) is 28.6 Å². The van der Waals surface area contributed by atoms with E-state index in [9.17, 15) is 9.90 Å². The number of hydrogen-bond acceptors (Lipinski definition) is 3. The highest BCUT2D eigenvalue weighted by atomic mass is 16.4. The number of benzene rings is 1. The van der Waals surface area contributed by atoms with Crippen LogP contribution in [0, 0.1) is 6.92 Å². The van der Waals surface area contributed by atoms with Gasteiger partial charge in [0.25, 0.3) is 0 Å². The van der Waals surface area contributed by atoms with Gasteiger partial charge in [-0.1, -0.05) is 18.2 Å². The maximum Gasteiger partial charge on any atom is 0.322 e. The van der Waals surface area contributed by atoms with Crippen molar-refractivity contribution in [1.29, 1.82) is 0 Å². The van der Waals surface area contributed by atoms with Gasteiger partial charge in [0, 0.05) is 24.7 Å². The fourth-order valence-corrected chi connectivity index (χ4v) is 3.10. The maximum absolute atomic E-state index is 12.6. The summed E-state index contributed by atoms with van der Waals surface area (Å²) in [5, 5.41) is 13.2. The molecule has 2 heterocycles. The number of anilines is 1. The molecule has 1 aliphatic heterocycles. The highest BCUT2D eigenvalue weighted by Crippen LogP contribution is 2.28. The Morgan fingerprint density at radius 2 is 2.22 bits per heavy atom. The minimum absolute atomic E-state index is 0.0270. The van der Waals surface area contributed by atoms with Gasteiger partial charge < -0.3 is 19.7 Å². The van der Waals surface area contributed by atoms with Gasteiger partial charge in [-0.05, 0) is 43.5 Å². The first-order chi connectivity index (χ1) is 11.1. The molecule has 0 aliphatic carbocycles. The second-order valence-electron chi connectivity index (χ2n) is 6.00. The van der Waals surface area contributed by atoms with Crippen LogP contribution in [-0.2, 0) is 0 Å². The Kier molecular flexibility index (Phi) is 4.67. The molecule has 1 aromatic carbocycles. The molecule has 0 radical (unpaired) electrons. The van der Waals surface area contributed by atoms with Crippen molar-refractivity contribution in [2.75, 3.05) is 11.9 Å². The number of para-hydroxylation sites is 1. The van der Waals surface area contributed by atoms with E-state index in [-0.39, 0.29) is 12.1 Å². The number of furan rings is 1. The predicted octanol–water partition coefficient (Wildman–Crippen LogP) is 3.71. The molecule has 1 saturated heterocycles. The summed E-state index contributed by atoms with van der Waals surface area (Å²) in [7, 11) is 0. The number of aliphatic hydroxyl groups is 1. The largest absolute Gasteiger partial charge is 0.467 e. The monoisotopic (exact) mass is 314 g/mol. The normalized spacial score (nSPS) is 18.9. The van der Waals surface area contributed by atoms with Gasteiger partial charge >= 0.3 is 6.03 Å². The molecule has 2 unspecified atom stereocenters. The number of rotatable bonds is 4. The number of hydrogen-bond donors (Lipinski definition) is 2. The van der Waals surface area contributed by atoms with Crippen LogP contribution >= 0.6 is 0 Å². The van der Waals surface area contributed by atoms with E-state index in [1.165, 1.54) is 0 Å². The topological polar surface area (TPSA) is 65.7 Å². The van der Waals surface area contributed by atoms with E-state index >= 15 is 0 Å². The molecule has 1 fully saturated rings. The minimum Gasteiger partial charge on any atom is -0.467 e. The van der Waals surface area contributed by atoms with Crippen LogP contribution in [0.4, 0.5) is 10.5 Å². The highest BCUT2D eigenvalue weighted by Gasteiger charge is 2.31. The number of carbonyl (C=O) groups excluding carboxylic acids is 1. The average molecular weight is 314 g/mol. The van der Waals surface area contributed by atoms with Gasteiger partial charge in [-0.3, -0.25) is 0 Å². The van der Waals surface area contributed by atoms with E-state index in [0.717, 1.165) is 24.1 Å².